The van der Waals surface area contributed by atoms with Crippen LogP contribution in [-0.4, -0.2) is 16.4 Å². The van der Waals surface area contributed by atoms with Crippen molar-refractivity contribution in [2.24, 2.45) is 0 Å². The number of nitrogens with zero attached hydrogens (tertiary/aromatic N) is 1. The van der Waals surface area contributed by atoms with Crippen LogP contribution in [0.15, 0.2) is 60.8 Å². The van der Waals surface area contributed by atoms with Crippen molar-refractivity contribution in [3.05, 3.63) is 71.9 Å². The van der Waals surface area contributed by atoms with Crippen LogP contribution in [0.4, 0.5) is 0 Å². The van der Waals surface area contributed by atoms with Crippen LogP contribution in [-0.2, 0) is 4.79 Å². The second-order valence-electron chi connectivity index (χ2n) is 5.35. The number of hydrogen-bond acceptors (Lipinski definition) is 3. The highest BCUT2D eigenvalue weighted by molar-refractivity contribution is 5.79. The molecule has 1 aromatic heterocycles. The van der Waals surface area contributed by atoms with Gasteiger partial charge in [-0.15, -0.1) is 0 Å². The van der Waals surface area contributed by atoms with Gasteiger partial charge in [-0.1, -0.05) is 30.3 Å². The van der Waals surface area contributed by atoms with E-state index in [1.165, 1.54) is 0 Å². The van der Waals surface area contributed by atoms with Gasteiger partial charge in [-0.3, -0.25) is 4.98 Å². The van der Waals surface area contributed by atoms with Gasteiger partial charge < -0.3 is 9.90 Å². The molecule has 0 fully saturated rings. The number of aromatic nitrogens is 1. The van der Waals surface area contributed by atoms with E-state index in [0.717, 1.165) is 34.7 Å². The first-order chi connectivity index (χ1) is 10.8. The summed E-state index contributed by atoms with van der Waals surface area (Å²) in [6.45, 7) is 0. The van der Waals surface area contributed by atoms with E-state index >= 15 is 0 Å². The first kappa shape index (κ1) is 14.3. The van der Waals surface area contributed by atoms with E-state index in [2.05, 4.69) is 11.1 Å². The van der Waals surface area contributed by atoms with Crippen molar-refractivity contribution in [2.75, 3.05) is 0 Å². The number of phenols is 1. The zero-order chi connectivity index (χ0) is 15.4. The summed E-state index contributed by atoms with van der Waals surface area (Å²) in [7, 11) is 0. The van der Waals surface area contributed by atoms with E-state index in [1.54, 1.807) is 12.1 Å². The van der Waals surface area contributed by atoms with Gasteiger partial charge in [-0.2, -0.15) is 0 Å². The number of rotatable bonds is 5. The smallest absolute Gasteiger partial charge is 0.120 e. The number of phenolic OH excluding ortho intramolecular Hbond substituents is 1. The molecule has 0 saturated carbocycles. The molecule has 0 spiro atoms. The number of aromatic hydroxyl groups is 1. The summed E-state index contributed by atoms with van der Waals surface area (Å²) in [6, 6.07) is 17.3. The third kappa shape index (κ3) is 2.98. The largest absolute Gasteiger partial charge is 0.508 e. The quantitative estimate of drug-likeness (QED) is 0.721. The summed E-state index contributed by atoms with van der Waals surface area (Å²) in [5.74, 6) is 0.345. The van der Waals surface area contributed by atoms with E-state index in [4.69, 9.17) is 0 Å². The van der Waals surface area contributed by atoms with Crippen LogP contribution in [0.1, 0.15) is 29.9 Å². The second-order valence-corrected chi connectivity index (χ2v) is 5.35. The van der Waals surface area contributed by atoms with E-state index in [0.29, 0.717) is 6.42 Å². The Morgan fingerprint density at radius 3 is 2.59 bits per heavy atom. The van der Waals surface area contributed by atoms with Gasteiger partial charge >= 0.3 is 0 Å². The summed E-state index contributed by atoms with van der Waals surface area (Å²) in [5, 5.41) is 10.6. The third-order valence-electron chi connectivity index (χ3n) is 3.88. The van der Waals surface area contributed by atoms with Gasteiger partial charge in [-0.05, 0) is 41.8 Å². The molecule has 1 atom stereocenters. The number of fused-ring (bicyclic) bond motifs is 1. The van der Waals surface area contributed by atoms with Crippen LogP contribution in [0.5, 0.6) is 5.75 Å². The number of para-hydroxylation sites is 1. The van der Waals surface area contributed by atoms with Crippen molar-refractivity contribution >= 4 is 17.2 Å². The Morgan fingerprint density at radius 1 is 1.05 bits per heavy atom. The molecule has 1 heterocycles. The highest BCUT2D eigenvalue weighted by Gasteiger charge is 2.15. The molecule has 1 N–H and O–H groups in total. The number of benzene rings is 2. The van der Waals surface area contributed by atoms with Crippen molar-refractivity contribution in [1.82, 2.24) is 4.98 Å². The maximum Gasteiger partial charge on any atom is 0.120 e. The van der Waals surface area contributed by atoms with Crippen LogP contribution in [0.2, 0.25) is 0 Å². The molecule has 0 saturated heterocycles. The van der Waals surface area contributed by atoms with Crippen LogP contribution in [0, 0.1) is 0 Å². The molecule has 3 rings (SSSR count). The van der Waals surface area contributed by atoms with Crippen molar-refractivity contribution in [1.29, 1.82) is 0 Å². The van der Waals surface area contributed by atoms with Gasteiger partial charge in [0.15, 0.2) is 0 Å². The number of aldehydes is 1. The lowest BCUT2D eigenvalue weighted by atomic mass is 9.88. The van der Waals surface area contributed by atoms with Crippen molar-refractivity contribution in [3.8, 4) is 5.75 Å². The lowest BCUT2D eigenvalue weighted by Crippen LogP contribution is -2.02. The lowest BCUT2D eigenvalue weighted by molar-refractivity contribution is -0.107. The number of carbonyl (C=O) groups excluding carboxylic acids is 1. The molecule has 3 nitrogen and oxygen atoms in total. The zero-order valence-electron chi connectivity index (χ0n) is 12.1. The zero-order valence-corrected chi connectivity index (χ0v) is 12.1. The van der Waals surface area contributed by atoms with Crippen LogP contribution in [0.25, 0.3) is 10.9 Å². The summed E-state index contributed by atoms with van der Waals surface area (Å²) in [6.07, 6.45) is 4.05. The number of hydrogen-bond donors (Lipinski definition) is 1. The van der Waals surface area contributed by atoms with Crippen molar-refractivity contribution in [2.45, 2.75) is 18.8 Å². The van der Waals surface area contributed by atoms with Gasteiger partial charge in [-0.25, -0.2) is 0 Å². The van der Waals surface area contributed by atoms with E-state index in [9.17, 15) is 9.90 Å². The van der Waals surface area contributed by atoms with E-state index < -0.39 is 0 Å². The van der Waals surface area contributed by atoms with Gasteiger partial charge in [0, 0.05) is 23.9 Å². The fraction of sp³-hybridized carbons (Fsp3) is 0.158. The molecule has 110 valence electrons. The first-order valence-electron chi connectivity index (χ1n) is 7.35. The Kier molecular flexibility index (Phi) is 4.15. The van der Waals surface area contributed by atoms with Crippen molar-refractivity contribution < 1.29 is 9.90 Å². The van der Waals surface area contributed by atoms with Crippen LogP contribution >= 0.6 is 0 Å². The molecule has 0 bridgehead atoms. The summed E-state index contributed by atoms with van der Waals surface area (Å²) in [4.78, 5) is 15.3. The Hall–Kier alpha value is -2.68. The lowest BCUT2D eigenvalue weighted by Gasteiger charge is -2.17. The van der Waals surface area contributed by atoms with Gasteiger partial charge in [0.25, 0.3) is 0 Å². The Bertz CT molecular complexity index is 781. The minimum absolute atomic E-state index is 0.0999. The minimum Gasteiger partial charge on any atom is -0.508 e. The topological polar surface area (TPSA) is 50.2 Å². The molecule has 22 heavy (non-hydrogen) atoms. The standard InChI is InChI=1S/C19H17NO2/c21-11-3-5-18(14-7-9-17(22)10-8-14)16-12-15-4-1-2-6-19(15)20-13-16/h1-2,4,6-13,18,22H,3,5H2. The molecule has 1 unspecified atom stereocenters. The third-order valence-corrected chi connectivity index (χ3v) is 3.88. The Labute approximate surface area is 129 Å². The van der Waals surface area contributed by atoms with Gasteiger partial charge in [0.1, 0.15) is 12.0 Å². The number of carbonyl (C=O) groups is 1. The molecular weight excluding hydrogens is 274 g/mol. The van der Waals surface area contributed by atoms with E-state index in [-0.39, 0.29) is 11.7 Å². The normalized spacial score (nSPS) is 12.2. The van der Waals surface area contributed by atoms with Crippen LogP contribution < -0.4 is 0 Å². The monoisotopic (exact) mass is 291 g/mol. The summed E-state index contributed by atoms with van der Waals surface area (Å²) >= 11 is 0. The maximum absolute atomic E-state index is 10.8. The number of pyridine rings is 1. The molecule has 2 aromatic carbocycles. The Morgan fingerprint density at radius 2 is 1.82 bits per heavy atom. The molecule has 0 radical (unpaired) electrons. The second kappa shape index (κ2) is 6.39. The molecule has 3 aromatic rings. The Balaban J connectivity index is 2.02. The highest BCUT2D eigenvalue weighted by Crippen LogP contribution is 2.31. The summed E-state index contributed by atoms with van der Waals surface area (Å²) < 4.78 is 0. The molecule has 3 heteroatoms. The van der Waals surface area contributed by atoms with Gasteiger partial charge in [0.05, 0.1) is 5.52 Å². The van der Waals surface area contributed by atoms with Gasteiger partial charge in [0.2, 0.25) is 0 Å². The molecule has 0 amide bonds. The fourth-order valence-electron chi connectivity index (χ4n) is 2.75. The molecule has 0 aliphatic rings. The minimum atomic E-state index is 0.0999. The average molecular weight is 291 g/mol. The predicted octanol–water partition coefficient (Wildman–Crippen LogP) is 4.05. The van der Waals surface area contributed by atoms with E-state index in [1.807, 2.05) is 42.6 Å². The molecule has 0 aliphatic heterocycles. The SMILES string of the molecule is O=CCCC(c1ccc(O)cc1)c1cnc2ccccc2c1. The summed E-state index contributed by atoms with van der Waals surface area (Å²) in [5.41, 5.74) is 3.13. The molecule has 0 aliphatic carbocycles. The maximum atomic E-state index is 10.8. The van der Waals surface area contributed by atoms with Crippen LogP contribution in [0.3, 0.4) is 0 Å². The first-order valence-corrected chi connectivity index (χ1v) is 7.35. The van der Waals surface area contributed by atoms with Crippen molar-refractivity contribution in [3.63, 3.8) is 0 Å². The highest BCUT2D eigenvalue weighted by atomic mass is 16.3. The average Bonchev–Trinajstić information content (AvgIpc) is 2.56. The fourth-order valence-corrected chi connectivity index (χ4v) is 2.75. The predicted molar refractivity (Wildman–Crippen MR) is 87.0 cm³/mol. The molecular formula is C19H17NO2.